The summed E-state index contributed by atoms with van der Waals surface area (Å²) < 4.78 is 5.93. The third-order valence-electron chi connectivity index (χ3n) is 2.34. The predicted molar refractivity (Wildman–Crippen MR) is 49.4 cm³/mol. The van der Waals surface area contributed by atoms with Crippen molar-refractivity contribution in [2.75, 3.05) is 19.0 Å². The van der Waals surface area contributed by atoms with Crippen LogP contribution in [0.15, 0.2) is 0 Å². The van der Waals surface area contributed by atoms with Gasteiger partial charge in [-0.1, -0.05) is 0 Å². The topological polar surface area (TPSA) is 9.23 Å². The molecule has 0 saturated carbocycles. The molecule has 1 nitrogen and oxygen atoms in total. The fourth-order valence-electron chi connectivity index (χ4n) is 1.82. The van der Waals surface area contributed by atoms with Crippen LogP contribution in [-0.4, -0.2) is 25.1 Å². The van der Waals surface area contributed by atoms with E-state index in [0.29, 0.717) is 6.10 Å². The number of rotatable bonds is 2. The first-order valence-corrected chi connectivity index (χ1v) is 7.16. The predicted octanol–water partition coefficient (Wildman–Crippen LogP) is 2.50. The molecule has 0 N–H and O–H groups in total. The van der Waals surface area contributed by atoms with E-state index in [1.54, 1.807) is 0 Å². The van der Waals surface area contributed by atoms with Crippen molar-refractivity contribution in [3.63, 3.8) is 0 Å². The number of hydrogen-bond donors (Lipinski definition) is 0. The molecule has 0 amide bonds. The molecular formula is C8H19OP. The van der Waals surface area contributed by atoms with Crippen LogP contribution in [0.2, 0.25) is 0 Å². The van der Waals surface area contributed by atoms with Crippen LogP contribution in [0.25, 0.3) is 0 Å². The molecule has 62 valence electrons. The molecule has 10 heavy (non-hydrogen) atoms. The average molecular weight is 162 g/mol. The zero-order valence-electron chi connectivity index (χ0n) is 7.31. The van der Waals surface area contributed by atoms with Crippen molar-refractivity contribution in [3.05, 3.63) is 0 Å². The third-order valence-corrected chi connectivity index (χ3v) is 6.22. The van der Waals surface area contributed by atoms with Crippen LogP contribution in [0.1, 0.15) is 26.7 Å². The van der Waals surface area contributed by atoms with Gasteiger partial charge in [-0.05, 0) is 0 Å². The van der Waals surface area contributed by atoms with Crippen LogP contribution in [0.5, 0.6) is 0 Å². The Morgan fingerprint density at radius 1 is 1.60 bits per heavy atom. The third kappa shape index (κ3) is 1.93. The Balaban J connectivity index is 2.38. The summed E-state index contributed by atoms with van der Waals surface area (Å²) in [4.78, 5) is 0. The normalized spacial score (nSPS) is 34.1. The van der Waals surface area contributed by atoms with Gasteiger partial charge in [0.05, 0.1) is 0 Å². The second-order valence-electron chi connectivity index (χ2n) is 3.67. The Kier molecular flexibility index (Phi) is 2.71. The molecule has 0 aromatic rings. The van der Waals surface area contributed by atoms with Gasteiger partial charge in [-0.3, -0.25) is 0 Å². The van der Waals surface area contributed by atoms with Crippen molar-refractivity contribution in [1.29, 1.82) is 0 Å². The van der Waals surface area contributed by atoms with Gasteiger partial charge in [-0.25, -0.2) is 0 Å². The molecule has 2 heteroatoms. The van der Waals surface area contributed by atoms with E-state index in [4.69, 9.17) is 4.52 Å². The Labute approximate surface area is 64.6 Å². The van der Waals surface area contributed by atoms with Crippen LogP contribution in [0.4, 0.5) is 0 Å². The summed E-state index contributed by atoms with van der Waals surface area (Å²) in [6, 6.07) is 0. The van der Waals surface area contributed by atoms with E-state index < -0.39 is 7.49 Å². The Morgan fingerprint density at radius 3 is 2.70 bits per heavy atom. The fourth-order valence-corrected chi connectivity index (χ4v) is 5.47. The van der Waals surface area contributed by atoms with Crippen LogP contribution in [0.3, 0.4) is 0 Å². The Bertz CT molecular complexity index is 112. The molecule has 0 radical (unpaired) electrons. The van der Waals surface area contributed by atoms with E-state index in [0.717, 1.165) is 0 Å². The van der Waals surface area contributed by atoms with E-state index in [2.05, 4.69) is 20.5 Å². The van der Waals surface area contributed by atoms with Gasteiger partial charge in [-0.15, -0.1) is 0 Å². The van der Waals surface area contributed by atoms with Gasteiger partial charge in [0.15, 0.2) is 0 Å². The van der Waals surface area contributed by atoms with E-state index in [9.17, 15) is 0 Å². The summed E-state index contributed by atoms with van der Waals surface area (Å²) in [7, 11) is -1.15. The molecule has 0 aromatic carbocycles. The van der Waals surface area contributed by atoms with E-state index in [1.165, 1.54) is 25.2 Å². The summed E-state index contributed by atoms with van der Waals surface area (Å²) in [5.41, 5.74) is 0. The molecule has 1 rings (SSSR count). The first-order valence-electron chi connectivity index (χ1n) is 4.34. The summed E-state index contributed by atoms with van der Waals surface area (Å²) in [6.45, 7) is 6.83. The second kappa shape index (κ2) is 3.19. The van der Waals surface area contributed by atoms with Crippen molar-refractivity contribution in [1.82, 2.24) is 0 Å². The summed E-state index contributed by atoms with van der Waals surface area (Å²) in [5, 5.41) is 0. The first kappa shape index (κ1) is 8.49. The molecule has 1 heterocycles. The van der Waals surface area contributed by atoms with Gasteiger partial charge in [0.1, 0.15) is 0 Å². The van der Waals surface area contributed by atoms with Crippen LogP contribution < -0.4 is 0 Å². The zero-order chi connectivity index (χ0) is 7.61. The van der Waals surface area contributed by atoms with Crippen LogP contribution in [0, 0.1) is 0 Å². The van der Waals surface area contributed by atoms with E-state index in [1.807, 2.05) is 0 Å². The summed E-state index contributed by atoms with van der Waals surface area (Å²) >= 11 is 0. The van der Waals surface area contributed by atoms with Gasteiger partial charge in [0.25, 0.3) is 0 Å². The van der Waals surface area contributed by atoms with Crippen molar-refractivity contribution < 1.29 is 4.52 Å². The van der Waals surface area contributed by atoms with Gasteiger partial charge >= 0.3 is 63.8 Å². The van der Waals surface area contributed by atoms with Gasteiger partial charge in [0.2, 0.25) is 0 Å². The van der Waals surface area contributed by atoms with E-state index in [-0.39, 0.29) is 0 Å². The minimum absolute atomic E-state index is 0.559. The maximum absolute atomic E-state index is 5.93. The molecule has 0 aromatic heterocycles. The second-order valence-corrected chi connectivity index (χ2v) is 7.80. The summed E-state index contributed by atoms with van der Waals surface area (Å²) in [5.74, 6) is 0. The van der Waals surface area contributed by atoms with E-state index >= 15 is 0 Å². The molecule has 1 aliphatic rings. The van der Waals surface area contributed by atoms with Crippen LogP contribution >= 0.6 is 7.49 Å². The van der Waals surface area contributed by atoms with Gasteiger partial charge < -0.3 is 0 Å². The van der Waals surface area contributed by atoms with Crippen molar-refractivity contribution in [2.45, 2.75) is 32.8 Å². The van der Waals surface area contributed by atoms with Gasteiger partial charge in [-0.2, -0.15) is 0 Å². The molecule has 0 spiro atoms. The quantitative estimate of drug-likeness (QED) is 0.567. The van der Waals surface area contributed by atoms with Crippen molar-refractivity contribution >= 4 is 7.49 Å². The Morgan fingerprint density at radius 2 is 2.30 bits per heavy atom. The minimum atomic E-state index is -1.15. The molecule has 0 bridgehead atoms. The first-order chi connectivity index (χ1) is 4.66. The SMILES string of the molecule is CCC[PH]1(C)CCC(C)O1. The summed E-state index contributed by atoms with van der Waals surface area (Å²) in [6.07, 6.45) is 5.92. The van der Waals surface area contributed by atoms with Crippen LogP contribution in [-0.2, 0) is 4.52 Å². The molecular weight excluding hydrogens is 143 g/mol. The molecule has 0 aliphatic carbocycles. The monoisotopic (exact) mass is 162 g/mol. The molecule has 1 unspecified atom stereocenters. The maximum atomic E-state index is 5.93. The van der Waals surface area contributed by atoms with Crippen molar-refractivity contribution in [3.8, 4) is 0 Å². The molecule has 1 fully saturated rings. The average Bonchev–Trinajstić information content (AvgIpc) is 2.12. The standard InChI is InChI=1S/C8H19OP/c1-4-6-10(3)7-5-8(2)9-10/h8,10H,4-7H2,1-3H3. The number of hydrogen-bond acceptors (Lipinski definition) is 1. The fraction of sp³-hybridized carbons (Fsp3) is 1.00. The molecule has 1 saturated heterocycles. The molecule has 1 atom stereocenters. The van der Waals surface area contributed by atoms with Gasteiger partial charge in [0, 0.05) is 0 Å². The van der Waals surface area contributed by atoms with Crippen molar-refractivity contribution in [2.24, 2.45) is 0 Å². The zero-order valence-corrected chi connectivity index (χ0v) is 8.31. The molecule has 1 aliphatic heterocycles. The Hall–Kier alpha value is 0.390.